The average molecular weight is 265 g/mol. The van der Waals surface area contributed by atoms with E-state index in [2.05, 4.69) is 5.32 Å². The number of benzene rings is 1. The molecule has 4 nitrogen and oxygen atoms in total. The lowest BCUT2D eigenvalue weighted by Gasteiger charge is -2.12. The van der Waals surface area contributed by atoms with Crippen LogP contribution in [0.2, 0.25) is 5.02 Å². The zero-order chi connectivity index (χ0) is 13.1. The minimum absolute atomic E-state index is 0.220. The molecule has 0 saturated carbocycles. The molecule has 1 aromatic heterocycles. The van der Waals surface area contributed by atoms with E-state index in [1.54, 1.807) is 36.6 Å². The highest BCUT2D eigenvalue weighted by atomic mass is 35.5. The maximum atomic E-state index is 12.0. The Morgan fingerprint density at radius 1 is 1.44 bits per heavy atom. The maximum Gasteiger partial charge on any atom is 0.253 e. The number of halogens is 1. The van der Waals surface area contributed by atoms with Crippen molar-refractivity contribution in [2.45, 2.75) is 13.0 Å². The summed E-state index contributed by atoms with van der Waals surface area (Å²) in [6, 6.07) is 8.13. The van der Waals surface area contributed by atoms with Gasteiger partial charge in [-0.25, -0.2) is 0 Å². The van der Waals surface area contributed by atoms with Gasteiger partial charge in [-0.2, -0.15) is 0 Å². The van der Waals surface area contributed by atoms with Gasteiger partial charge in [0.05, 0.1) is 17.9 Å². The third-order valence-corrected chi connectivity index (χ3v) is 2.81. The summed E-state index contributed by atoms with van der Waals surface area (Å²) in [4.78, 5) is 12.0. The summed E-state index contributed by atoms with van der Waals surface area (Å²) >= 11 is 5.78. The van der Waals surface area contributed by atoms with Crippen molar-refractivity contribution in [1.82, 2.24) is 5.32 Å². The number of hydrogen-bond acceptors (Lipinski definition) is 3. The van der Waals surface area contributed by atoms with Gasteiger partial charge < -0.3 is 15.5 Å². The number of furan rings is 1. The first-order valence-corrected chi connectivity index (χ1v) is 5.85. The van der Waals surface area contributed by atoms with E-state index < -0.39 is 0 Å². The van der Waals surface area contributed by atoms with Crippen LogP contribution in [-0.4, -0.2) is 5.91 Å². The van der Waals surface area contributed by atoms with Crippen molar-refractivity contribution in [2.24, 2.45) is 0 Å². The van der Waals surface area contributed by atoms with Gasteiger partial charge in [0.25, 0.3) is 5.91 Å². The molecule has 2 aromatic rings. The fourth-order valence-electron chi connectivity index (χ4n) is 1.62. The standard InChI is InChI=1S/C13H13ClN2O2/c1-8(12-3-2-6-18-12)16-13(17)10-5-4-9(14)7-11(10)15/h2-8H,15H2,1H3,(H,16,17)/t8-/m1/s1. The average Bonchev–Trinajstić information content (AvgIpc) is 2.81. The largest absolute Gasteiger partial charge is 0.467 e. The molecule has 0 aliphatic heterocycles. The summed E-state index contributed by atoms with van der Waals surface area (Å²) in [6.45, 7) is 1.84. The zero-order valence-corrected chi connectivity index (χ0v) is 10.6. The van der Waals surface area contributed by atoms with Gasteiger partial charge in [0, 0.05) is 10.7 Å². The van der Waals surface area contributed by atoms with E-state index in [-0.39, 0.29) is 11.9 Å². The molecular formula is C13H13ClN2O2. The predicted octanol–water partition coefficient (Wildman–Crippen LogP) is 3.01. The van der Waals surface area contributed by atoms with E-state index in [0.29, 0.717) is 22.0 Å². The fourth-order valence-corrected chi connectivity index (χ4v) is 1.80. The number of amides is 1. The van der Waals surface area contributed by atoms with E-state index in [9.17, 15) is 4.79 Å². The van der Waals surface area contributed by atoms with Crippen molar-refractivity contribution < 1.29 is 9.21 Å². The van der Waals surface area contributed by atoms with Crippen LogP contribution in [-0.2, 0) is 0 Å². The fraction of sp³-hybridized carbons (Fsp3) is 0.154. The number of carbonyl (C=O) groups excluding carboxylic acids is 1. The van der Waals surface area contributed by atoms with Crippen molar-refractivity contribution in [3.8, 4) is 0 Å². The van der Waals surface area contributed by atoms with Crippen LogP contribution in [0.25, 0.3) is 0 Å². The molecule has 1 aromatic carbocycles. The van der Waals surface area contributed by atoms with E-state index in [4.69, 9.17) is 21.8 Å². The second kappa shape index (κ2) is 5.14. The van der Waals surface area contributed by atoms with Gasteiger partial charge in [0.2, 0.25) is 0 Å². The molecule has 5 heteroatoms. The Hall–Kier alpha value is -1.94. The lowest BCUT2D eigenvalue weighted by Crippen LogP contribution is -2.27. The molecular weight excluding hydrogens is 252 g/mol. The molecule has 0 saturated heterocycles. The molecule has 1 amide bonds. The van der Waals surface area contributed by atoms with Gasteiger partial charge in [0.15, 0.2) is 0 Å². The molecule has 0 fully saturated rings. The van der Waals surface area contributed by atoms with Gasteiger partial charge in [-0.1, -0.05) is 11.6 Å². The third kappa shape index (κ3) is 2.65. The Bertz CT molecular complexity index is 552. The van der Waals surface area contributed by atoms with Crippen molar-refractivity contribution >= 4 is 23.2 Å². The SMILES string of the molecule is C[C@@H](NC(=O)c1ccc(Cl)cc1N)c1ccco1. The van der Waals surface area contributed by atoms with Gasteiger partial charge >= 0.3 is 0 Å². The van der Waals surface area contributed by atoms with Crippen molar-refractivity contribution in [1.29, 1.82) is 0 Å². The molecule has 3 N–H and O–H groups in total. The van der Waals surface area contributed by atoms with Gasteiger partial charge in [-0.15, -0.1) is 0 Å². The summed E-state index contributed by atoms with van der Waals surface area (Å²) in [5.41, 5.74) is 6.50. The van der Waals surface area contributed by atoms with Crippen molar-refractivity contribution in [3.63, 3.8) is 0 Å². The quantitative estimate of drug-likeness (QED) is 0.838. The van der Waals surface area contributed by atoms with E-state index in [1.165, 1.54) is 0 Å². The molecule has 0 bridgehead atoms. The van der Waals surface area contributed by atoms with E-state index in [1.807, 2.05) is 6.92 Å². The normalized spacial score (nSPS) is 12.1. The Balaban J connectivity index is 2.12. The zero-order valence-electron chi connectivity index (χ0n) is 9.81. The number of carbonyl (C=O) groups is 1. The molecule has 0 aliphatic carbocycles. The first-order chi connectivity index (χ1) is 8.58. The highest BCUT2D eigenvalue weighted by Crippen LogP contribution is 2.19. The van der Waals surface area contributed by atoms with Crippen LogP contribution >= 0.6 is 11.6 Å². The minimum atomic E-state index is -0.256. The molecule has 1 atom stereocenters. The summed E-state index contributed by atoms with van der Waals surface area (Å²) in [5.74, 6) is 0.434. The molecule has 0 radical (unpaired) electrons. The van der Waals surface area contributed by atoms with Crippen LogP contribution in [0.3, 0.4) is 0 Å². The molecule has 0 aliphatic rings. The number of nitrogens with two attached hydrogens (primary N) is 1. The van der Waals surface area contributed by atoms with Crippen LogP contribution in [0.1, 0.15) is 29.1 Å². The first-order valence-electron chi connectivity index (χ1n) is 5.47. The second-order valence-electron chi connectivity index (χ2n) is 3.94. The first kappa shape index (κ1) is 12.5. The smallest absolute Gasteiger partial charge is 0.253 e. The minimum Gasteiger partial charge on any atom is -0.467 e. The molecule has 0 unspecified atom stereocenters. The van der Waals surface area contributed by atoms with Crippen LogP contribution < -0.4 is 11.1 Å². The van der Waals surface area contributed by atoms with Gasteiger partial charge in [-0.3, -0.25) is 4.79 Å². The lowest BCUT2D eigenvalue weighted by molar-refractivity contribution is 0.0936. The molecule has 94 valence electrons. The highest BCUT2D eigenvalue weighted by Gasteiger charge is 2.15. The molecule has 2 rings (SSSR count). The summed E-state index contributed by atoms with van der Waals surface area (Å²) in [7, 11) is 0. The molecule has 18 heavy (non-hydrogen) atoms. The summed E-state index contributed by atoms with van der Waals surface area (Å²) < 4.78 is 5.21. The van der Waals surface area contributed by atoms with E-state index >= 15 is 0 Å². The Kier molecular flexibility index (Phi) is 3.58. The number of hydrogen-bond donors (Lipinski definition) is 2. The summed E-state index contributed by atoms with van der Waals surface area (Å²) in [6.07, 6.45) is 1.56. The highest BCUT2D eigenvalue weighted by molar-refractivity contribution is 6.31. The maximum absolute atomic E-state index is 12.0. The lowest BCUT2D eigenvalue weighted by atomic mass is 10.1. The Morgan fingerprint density at radius 2 is 2.22 bits per heavy atom. The van der Waals surface area contributed by atoms with Crippen LogP contribution in [0.4, 0.5) is 5.69 Å². The van der Waals surface area contributed by atoms with Crippen molar-refractivity contribution in [3.05, 3.63) is 52.9 Å². The monoisotopic (exact) mass is 264 g/mol. The molecule has 0 spiro atoms. The van der Waals surface area contributed by atoms with Crippen LogP contribution in [0.5, 0.6) is 0 Å². The summed E-state index contributed by atoms with van der Waals surface area (Å²) in [5, 5.41) is 3.31. The number of nitrogens with one attached hydrogen (secondary N) is 1. The second-order valence-corrected chi connectivity index (χ2v) is 4.38. The van der Waals surface area contributed by atoms with Gasteiger partial charge in [0.1, 0.15) is 5.76 Å². The van der Waals surface area contributed by atoms with E-state index in [0.717, 1.165) is 0 Å². The topological polar surface area (TPSA) is 68.3 Å². The number of nitrogen functional groups attached to an aromatic ring is 1. The Morgan fingerprint density at radius 3 is 2.83 bits per heavy atom. The number of rotatable bonds is 3. The predicted molar refractivity (Wildman–Crippen MR) is 70.5 cm³/mol. The van der Waals surface area contributed by atoms with Gasteiger partial charge in [-0.05, 0) is 37.3 Å². The van der Waals surface area contributed by atoms with Crippen LogP contribution in [0.15, 0.2) is 41.0 Å². The number of anilines is 1. The Labute approximate surface area is 110 Å². The van der Waals surface area contributed by atoms with Crippen molar-refractivity contribution in [2.75, 3.05) is 5.73 Å². The van der Waals surface area contributed by atoms with Crippen LogP contribution in [0, 0.1) is 0 Å². The molecule has 1 heterocycles. The third-order valence-electron chi connectivity index (χ3n) is 2.58.